The number of allylic oxidation sites excluding steroid dienone is 4. The summed E-state index contributed by atoms with van der Waals surface area (Å²) in [4.78, 5) is 11.3. The quantitative estimate of drug-likeness (QED) is 0.622. The fourth-order valence-corrected chi connectivity index (χ4v) is 2.10. The number of aromatic nitrogens is 1. The molecule has 128 valence electrons. The Hall–Kier alpha value is -1.83. The number of aromatic hydroxyl groups is 1. The molecule has 0 amide bonds. The van der Waals surface area contributed by atoms with Gasteiger partial charge in [0.05, 0.1) is 5.57 Å². The molecule has 23 heavy (non-hydrogen) atoms. The summed E-state index contributed by atoms with van der Waals surface area (Å²) in [6.07, 6.45) is -2.31. The molecule has 0 saturated heterocycles. The first-order valence-corrected chi connectivity index (χ1v) is 6.81. The van der Waals surface area contributed by atoms with Crippen LogP contribution in [0.4, 0.5) is 22.0 Å². The van der Waals surface area contributed by atoms with E-state index in [4.69, 9.17) is 11.6 Å². The number of hydrogen-bond donors (Lipinski definition) is 1. The molecule has 0 aliphatic heterocycles. The zero-order valence-corrected chi connectivity index (χ0v) is 12.6. The first kappa shape index (κ1) is 19.2. The van der Waals surface area contributed by atoms with Gasteiger partial charge in [-0.3, -0.25) is 9.36 Å². The van der Waals surface area contributed by atoms with Crippen molar-refractivity contribution in [1.82, 2.24) is 4.57 Å². The first-order chi connectivity index (χ1) is 10.6. The molecule has 1 aromatic rings. The Bertz CT molecular complexity index is 677. The lowest BCUT2D eigenvalue weighted by Crippen LogP contribution is -2.20. The molecule has 0 unspecified atom stereocenters. The van der Waals surface area contributed by atoms with Crippen LogP contribution in [0.5, 0.6) is 5.75 Å². The molecule has 1 heterocycles. The lowest BCUT2D eigenvalue weighted by molar-refractivity contribution is -0.0888. The topological polar surface area (TPSA) is 42.2 Å². The third-order valence-corrected chi connectivity index (χ3v) is 3.14. The van der Waals surface area contributed by atoms with Crippen molar-refractivity contribution in [2.75, 3.05) is 0 Å². The maximum absolute atomic E-state index is 12.9. The van der Waals surface area contributed by atoms with Gasteiger partial charge in [0.25, 0.3) is 5.56 Å². The molecular weight excluding hydrogens is 345 g/mol. The lowest BCUT2D eigenvalue weighted by Gasteiger charge is -2.12. The van der Waals surface area contributed by atoms with Gasteiger partial charge in [0, 0.05) is 11.2 Å². The van der Waals surface area contributed by atoms with Crippen LogP contribution in [-0.2, 0) is 6.42 Å². The monoisotopic (exact) mass is 357 g/mol. The fraction of sp³-hybridized carbons (Fsp3) is 0.357. The summed E-state index contributed by atoms with van der Waals surface area (Å²) in [7, 11) is 0. The van der Waals surface area contributed by atoms with Gasteiger partial charge in [0.15, 0.2) is 5.75 Å². The van der Waals surface area contributed by atoms with Crippen molar-refractivity contribution in [2.24, 2.45) is 0 Å². The maximum Gasteiger partial charge on any atom is 0.417 e. The van der Waals surface area contributed by atoms with Gasteiger partial charge in [-0.05, 0) is 24.5 Å². The van der Waals surface area contributed by atoms with Crippen LogP contribution in [0.3, 0.4) is 0 Å². The summed E-state index contributed by atoms with van der Waals surface area (Å²) in [5.41, 5.74) is -2.53. The van der Waals surface area contributed by atoms with Gasteiger partial charge in [0.2, 0.25) is 0 Å². The minimum Gasteiger partial charge on any atom is -0.503 e. The van der Waals surface area contributed by atoms with E-state index in [-0.39, 0.29) is 16.6 Å². The second kappa shape index (κ2) is 7.63. The van der Waals surface area contributed by atoms with Crippen LogP contribution in [0.15, 0.2) is 39.8 Å². The second-order valence-corrected chi connectivity index (χ2v) is 4.91. The van der Waals surface area contributed by atoms with Gasteiger partial charge < -0.3 is 5.11 Å². The average Bonchev–Trinajstić information content (AvgIpc) is 2.41. The van der Waals surface area contributed by atoms with Crippen molar-refractivity contribution in [3.63, 3.8) is 0 Å². The molecule has 0 aliphatic carbocycles. The molecular formula is C14H13ClF5NO2. The van der Waals surface area contributed by atoms with E-state index in [1.54, 1.807) is 6.92 Å². The smallest absolute Gasteiger partial charge is 0.417 e. The van der Waals surface area contributed by atoms with E-state index in [0.717, 1.165) is 6.07 Å². The van der Waals surface area contributed by atoms with Crippen molar-refractivity contribution in [2.45, 2.75) is 32.5 Å². The Balaban J connectivity index is 3.24. The van der Waals surface area contributed by atoms with E-state index < -0.39 is 41.1 Å². The molecule has 3 nitrogen and oxygen atoms in total. The normalized spacial score (nSPS) is 13.7. The number of pyridine rings is 1. The number of halogens is 6. The minimum atomic E-state index is -4.72. The van der Waals surface area contributed by atoms with Crippen LogP contribution in [0.2, 0.25) is 0 Å². The van der Waals surface area contributed by atoms with Gasteiger partial charge >= 0.3 is 12.7 Å². The van der Waals surface area contributed by atoms with Crippen LogP contribution in [0, 0.1) is 0 Å². The highest BCUT2D eigenvalue weighted by molar-refractivity contribution is 6.32. The largest absolute Gasteiger partial charge is 0.503 e. The van der Waals surface area contributed by atoms with Crippen LogP contribution >= 0.6 is 11.6 Å². The van der Waals surface area contributed by atoms with E-state index in [1.165, 1.54) is 6.08 Å². The second-order valence-electron chi connectivity index (χ2n) is 4.50. The summed E-state index contributed by atoms with van der Waals surface area (Å²) in [5.74, 6) is -0.972. The van der Waals surface area contributed by atoms with E-state index in [1.807, 2.05) is 0 Å². The molecule has 0 saturated carbocycles. The lowest BCUT2D eigenvalue weighted by atomic mass is 10.1. The van der Waals surface area contributed by atoms with Crippen molar-refractivity contribution in [1.29, 1.82) is 0 Å². The molecule has 0 radical (unpaired) electrons. The predicted octanol–water partition coefficient (Wildman–Crippen LogP) is 4.51. The van der Waals surface area contributed by atoms with Gasteiger partial charge in [-0.15, -0.1) is 0 Å². The third-order valence-electron chi connectivity index (χ3n) is 2.78. The fourth-order valence-electron chi connectivity index (χ4n) is 1.76. The Labute approximate surface area is 133 Å². The summed E-state index contributed by atoms with van der Waals surface area (Å²) in [6, 6.07) is 0.836. The Kier molecular flexibility index (Phi) is 6.37. The van der Waals surface area contributed by atoms with Crippen LogP contribution in [0.25, 0.3) is 0 Å². The molecule has 0 fully saturated rings. The van der Waals surface area contributed by atoms with Crippen molar-refractivity contribution in [3.8, 4) is 5.75 Å². The first-order valence-electron chi connectivity index (χ1n) is 6.43. The van der Waals surface area contributed by atoms with Crippen molar-refractivity contribution >= 4 is 11.6 Å². The van der Waals surface area contributed by atoms with Crippen LogP contribution < -0.4 is 5.56 Å². The van der Waals surface area contributed by atoms with Crippen LogP contribution in [0.1, 0.15) is 25.5 Å². The third kappa shape index (κ3) is 5.09. The van der Waals surface area contributed by atoms with Crippen molar-refractivity contribution < 1.29 is 27.1 Å². The maximum atomic E-state index is 12.9. The average molecular weight is 358 g/mol. The Morgan fingerprint density at radius 2 is 2.00 bits per heavy atom. The highest BCUT2D eigenvalue weighted by atomic mass is 35.5. The SMILES string of the molecule is CC/C=C(Cl)\C(=C/Cc1cc(O)c(=O)n(C(F)F)c1)C(F)(F)F. The van der Waals surface area contributed by atoms with E-state index >= 15 is 0 Å². The zero-order chi connectivity index (χ0) is 17.8. The molecule has 1 N–H and O–H groups in total. The van der Waals surface area contributed by atoms with E-state index in [0.29, 0.717) is 12.3 Å². The molecule has 0 spiro atoms. The Morgan fingerprint density at radius 1 is 1.39 bits per heavy atom. The summed E-state index contributed by atoms with van der Waals surface area (Å²) < 4.78 is 64.0. The molecule has 9 heteroatoms. The number of hydrogen-bond acceptors (Lipinski definition) is 2. The number of rotatable bonds is 5. The molecule has 1 aromatic heterocycles. The number of alkyl halides is 5. The van der Waals surface area contributed by atoms with Gasteiger partial charge in [-0.1, -0.05) is 30.7 Å². The molecule has 0 bridgehead atoms. The molecule has 0 aliphatic rings. The highest BCUT2D eigenvalue weighted by Crippen LogP contribution is 2.33. The predicted molar refractivity (Wildman–Crippen MR) is 75.7 cm³/mol. The summed E-state index contributed by atoms with van der Waals surface area (Å²) in [6.45, 7) is -1.62. The molecule has 1 rings (SSSR count). The minimum absolute atomic E-state index is 0.0603. The molecule has 0 atom stereocenters. The van der Waals surface area contributed by atoms with E-state index in [9.17, 15) is 31.9 Å². The number of nitrogens with zero attached hydrogens (tertiary/aromatic N) is 1. The Morgan fingerprint density at radius 3 is 2.48 bits per heavy atom. The van der Waals surface area contributed by atoms with Crippen molar-refractivity contribution in [3.05, 3.63) is 50.9 Å². The summed E-state index contributed by atoms with van der Waals surface area (Å²) in [5, 5.41) is 8.79. The highest BCUT2D eigenvalue weighted by Gasteiger charge is 2.35. The van der Waals surface area contributed by atoms with Gasteiger partial charge in [-0.2, -0.15) is 22.0 Å². The van der Waals surface area contributed by atoms with Gasteiger partial charge in [0.1, 0.15) is 0 Å². The van der Waals surface area contributed by atoms with E-state index in [2.05, 4.69) is 0 Å². The zero-order valence-electron chi connectivity index (χ0n) is 11.9. The van der Waals surface area contributed by atoms with Crippen LogP contribution in [-0.4, -0.2) is 15.8 Å². The molecule has 0 aromatic carbocycles. The summed E-state index contributed by atoms with van der Waals surface area (Å²) >= 11 is 5.58. The van der Waals surface area contributed by atoms with Gasteiger partial charge in [-0.25, -0.2) is 0 Å². The standard InChI is InChI=1S/C14H13ClF5NO2/c1-2-3-10(15)9(14(18,19)20)5-4-8-6-11(22)12(23)21(7-8)13(16)17/h3,5-7,13,22H,2,4H2,1H3/b9-5+,10-3+.